The number of halogens is 5. The van der Waals surface area contributed by atoms with Gasteiger partial charge >= 0.3 is 12.1 Å². The smallest absolute Gasteiger partial charge is 0.427 e. The maximum atomic E-state index is 13.4. The highest BCUT2D eigenvalue weighted by molar-refractivity contribution is 5.77. The lowest BCUT2D eigenvalue weighted by Crippen LogP contribution is -2.34. The first-order chi connectivity index (χ1) is 18.3. The molecule has 0 N–H and O–H groups in total. The maximum Gasteiger partial charge on any atom is 0.427 e. The number of rotatable bonds is 11. The molecule has 39 heavy (non-hydrogen) atoms. The largest absolute Gasteiger partial charge is 0.430 e. The summed E-state index contributed by atoms with van der Waals surface area (Å²) in [7, 11) is 3.58. The van der Waals surface area contributed by atoms with Gasteiger partial charge in [-0.05, 0) is 31.6 Å². The summed E-state index contributed by atoms with van der Waals surface area (Å²) in [5, 5.41) is 0. The van der Waals surface area contributed by atoms with Gasteiger partial charge in [0.1, 0.15) is 23.0 Å². The Hall–Kier alpha value is -4.02. The van der Waals surface area contributed by atoms with Gasteiger partial charge in [0.05, 0.1) is 5.70 Å². The Kier molecular flexibility index (Phi) is 8.93. The zero-order chi connectivity index (χ0) is 29.0. The lowest BCUT2D eigenvalue weighted by Gasteiger charge is -2.35. The number of imidazole rings is 1. The summed E-state index contributed by atoms with van der Waals surface area (Å²) in [5.41, 5.74) is 1.72. The summed E-state index contributed by atoms with van der Waals surface area (Å²) < 4.78 is 78.2. The number of allylic oxidation sites excluding steroid dienone is 6. The fourth-order valence-corrected chi connectivity index (χ4v) is 3.79. The van der Waals surface area contributed by atoms with Crippen molar-refractivity contribution in [2.75, 3.05) is 25.7 Å². The van der Waals surface area contributed by atoms with E-state index in [0.29, 0.717) is 28.6 Å². The predicted molar refractivity (Wildman–Crippen MR) is 142 cm³/mol. The average Bonchev–Trinajstić information content (AvgIpc) is 3.22. The van der Waals surface area contributed by atoms with Crippen LogP contribution in [0.5, 0.6) is 17.5 Å². The molecule has 0 spiro atoms. The van der Waals surface area contributed by atoms with Crippen molar-refractivity contribution in [1.29, 1.82) is 0 Å². The predicted octanol–water partition coefficient (Wildman–Crippen LogP) is 7.54. The number of benzene rings is 1. The lowest BCUT2D eigenvalue weighted by atomic mass is 10.1. The van der Waals surface area contributed by atoms with Crippen LogP contribution in [0.1, 0.15) is 26.0 Å². The van der Waals surface area contributed by atoms with Crippen LogP contribution >= 0.6 is 0 Å². The Morgan fingerprint density at radius 2 is 1.77 bits per heavy atom. The summed E-state index contributed by atoms with van der Waals surface area (Å²) in [6.45, 7) is 9.03. The molecule has 11 heteroatoms. The van der Waals surface area contributed by atoms with Crippen LogP contribution in [-0.4, -0.2) is 47.3 Å². The molecule has 1 aliphatic rings. The molecule has 0 radical (unpaired) electrons. The number of hydrogen-bond acceptors (Lipinski definition) is 5. The van der Waals surface area contributed by atoms with E-state index in [1.807, 2.05) is 0 Å². The van der Waals surface area contributed by atoms with E-state index in [4.69, 9.17) is 4.74 Å². The fourth-order valence-electron chi connectivity index (χ4n) is 3.79. The van der Waals surface area contributed by atoms with E-state index in [0.717, 1.165) is 6.92 Å². The summed E-state index contributed by atoms with van der Waals surface area (Å²) in [4.78, 5) is 8.12. The zero-order valence-corrected chi connectivity index (χ0v) is 22.2. The first-order valence-electron chi connectivity index (χ1n) is 12.0. The van der Waals surface area contributed by atoms with Gasteiger partial charge < -0.3 is 19.3 Å². The van der Waals surface area contributed by atoms with Crippen molar-refractivity contribution < 1.29 is 31.4 Å². The second-order valence-electron chi connectivity index (χ2n) is 9.01. The molecular formula is C28H31F5N4O2. The molecule has 0 bridgehead atoms. The van der Waals surface area contributed by atoms with E-state index in [1.54, 1.807) is 65.8 Å². The topological polar surface area (TPSA) is 42.8 Å². The van der Waals surface area contributed by atoms with Crippen molar-refractivity contribution in [3.8, 4) is 17.5 Å². The molecule has 0 amide bonds. The van der Waals surface area contributed by atoms with Crippen molar-refractivity contribution in [1.82, 2.24) is 14.5 Å². The Morgan fingerprint density at radius 3 is 2.41 bits per heavy atom. The highest BCUT2D eigenvalue weighted by atomic mass is 19.3. The molecular weight excluding hydrogens is 519 g/mol. The number of fused-ring (bicyclic) bond motifs is 1. The molecule has 6 nitrogen and oxygen atoms in total. The van der Waals surface area contributed by atoms with E-state index in [1.165, 1.54) is 24.3 Å². The van der Waals surface area contributed by atoms with Crippen LogP contribution in [0, 0.1) is 0 Å². The van der Waals surface area contributed by atoms with Gasteiger partial charge in [-0.25, -0.2) is 13.2 Å². The van der Waals surface area contributed by atoms with E-state index < -0.39 is 18.7 Å². The average molecular weight is 551 g/mol. The Morgan fingerprint density at radius 1 is 1.08 bits per heavy atom. The van der Waals surface area contributed by atoms with Crippen molar-refractivity contribution in [2.45, 2.75) is 38.8 Å². The second-order valence-corrected chi connectivity index (χ2v) is 9.01. The number of nitrogens with zero attached hydrogens (tertiary/aromatic N) is 4. The van der Waals surface area contributed by atoms with Gasteiger partial charge in [-0.15, -0.1) is 0 Å². The number of anilines is 1. The fraction of sp³-hybridized carbons (Fsp3) is 0.321. The van der Waals surface area contributed by atoms with Crippen molar-refractivity contribution >= 4 is 11.5 Å². The van der Waals surface area contributed by atoms with Crippen LogP contribution < -0.4 is 14.4 Å². The van der Waals surface area contributed by atoms with Crippen molar-refractivity contribution in [3.05, 3.63) is 84.9 Å². The summed E-state index contributed by atoms with van der Waals surface area (Å²) >= 11 is 0. The second kappa shape index (κ2) is 11.8. The monoisotopic (exact) mass is 550 g/mol. The molecule has 3 rings (SSSR count). The van der Waals surface area contributed by atoms with Gasteiger partial charge in [0.25, 0.3) is 0 Å². The minimum absolute atomic E-state index is 0.124. The van der Waals surface area contributed by atoms with Gasteiger partial charge in [-0.1, -0.05) is 49.6 Å². The van der Waals surface area contributed by atoms with Gasteiger partial charge in [-0.3, -0.25) is 4.57 Å². The molecule has 0 unspecified atom stereocenters. The van der Waals surface area contributed by atoms with E-state index in [-0.39, 0.29) is 30.5 Å². The molecule has 0 saturated heterocycles. The van der Waals surface area contributed by atoms with Gasteiger partial charge in [0.15, 0.2) is 12.5 Å². The summed E-state index contributed by atoms with van der Waals surface area (Å²) in [6, 6.07) is 5.52. The van der Waals surface area contributed by atoms with Crippen LogP contribution in [0.4, 0.5) is 27.8 Å². The zero-order valence-electron chi connectivity index (χ0n) is 22.2. The first-order valence-corrected chi connectivity index (χ1v) is 12.0. The standard InChI is InChI=1S/C28H31F5N4O2/c1-7-21(17-27(4,30)31)12-9-8-10-15-37-24-19(2)35(5)20(3)36(6)25(24)34-26(37)38-22-13-11-14-23(16-22)39-28(32,33)18-29/h7-14,16H,2-3,15,17-18H2,1,4-6H3/b10-8+,12-9-,21-7?. The molecule has 1 aromatic carbocycles. The van der Waals surface area contributed by atoms with E-state index in [9.17, 15) is 22.0 Å². The van der Waals surface area contributed by atoms with Crippen molar-refractivity contribution in [3.63, 3.8) is 0 Å². The number of ether oxygens (including phenoxy) is 2. The SMILES string of the molecule is C=C1c2c(nc(Oc3cccc(OC(F)(F)CF)c3)n2C/C=C/C=C\C(=CC)CC(C)(F)F)N(C)C(=C)N1C. The molecule has 2 heterocycles. The molecule has 0 aliphatic carbocycles. The lowest BCUT2D eigenvalue weighted by molar-refractivity contribution is -0.186. The van der Waals surface area contributed by atoms with Crippen LogP contribution in [0.2, 0.25) is 0 Å². The Bertz CT molecular complexity index is 1310. The number of aromatic nitrogens is 2. The molecule has 1 aromatic heterocycles. The number of hydrogen-bond donors (Lipinski definition) is 0. The van der Waals surface area contributed by atoms with Crippen molar-refractivity contribution in [2.24, 2.45) is 0 Å². The molecule has 0 saturated carbocycles. The minimum atomic E-state index is -3.97. The van der Waals surface area contributed by atoms with E-state index in [2.05, 4.69) is 22.9 Å². The minimum Gasteiger partial charge on any atom is -0.430 e. The molecule has 0 fully saturated rings. The van der Waals surface area contributed by atoms with Crippen LogP contribution in [0.3, 0.4) is 0 Å². The van der Waals surface area contributed by atoms with Crippen LogP contribution in [0.15, 0.2) is 79.2 Å². The summed E-state index contributed by atoms with van der Waals surface area (Å²) in [5.74, 6) is -1.83. The molecule has 2 aromatic rings. The third-order valence-electron chi connectivity index (χ3n) is 5.85. The highest BCUT2D eigenvalue weighted by Crippen LogP contribution is 2.40. The van der Waals surface area contributed by atoms with Gasteiger partial charge in [-0.2, -0.15) is 13.8 Å². The normalized spacial score (nSPS) is 15.1. The quantitative estimate of drug-likeness (QED) is 0.214. The van der Waals surface area contributed by atoms with E-state index >= 15 is 0 Å². The third kappa shape index (κ3) is 7.30. The molecule has 1 aliphatic heterocycles. The highest BCUT2D eigenvalue weighted by Gasteiger charge is 2.33. The number of alkyl halides is 5. The van der Waals surface area contributed by atoms with Gasteiger partial charge in [0.2, 0.25) is 5.92 Å². The summed E-state index contributed by atoms with van der Waals surface area (Å²) in [6.07, 6.45) is 4.04. The third-order valence-corrected chi connectivity index (χ3v) is 5.85. The van der Waals surface area contributed by atoms with Crippen LogP contribution in [0.25, 0.3) is 5.70 Å². The first kappa shape index (κ1) is 29.5. The Labute approximate surface area is 224 Å². The molecule has 210 valence electrons. The van der Waals surface area contributed by atoms with Gasteiger partial charge in [0, 0.05) is 33.1 Å². The maximum absolute atomic E-state index is 13.4. The Balaban J connectivity index is 1.93. The van der Waals surface area contributed by atoms with Crippen LogP contribution in [-0.2, 0) is 6.54 Å². The molecule has 0 atom stereocenters.